The molecule has 0 saturated heterocycles. The van der Waals surface area contributed by atoms with Gasteiger partial charge in [0, 0.05) is 24.9 Å². The molecule has 5 heteroatoms. The molecule has 0 spiro atoms. The van der Waals surface area contributed by atoms with Crippen LogP contribution in [0.15, 0.2) is 18.2 Å². The first kappa shape index (κ1) is 20.6. The third-order valence-corrected chi connectivity index (χ3v) is 6.22. The molecule has 2 aliphatic rings. The molecular formula is C23H31NO4. The van der Waals surface area contributed by atoms with Crippen LogP contribution in [0, 0.1) is 11.8 Å². The number of ether oxygens (including phenoxy) is 1. The van der Waals surface area contributed by atoms with Crippen LogP contribution in [0.1, 0.15) is 72.9 Å². The zero-order chi connectivity index (χ0) is 19.9. The molecule has 1 aromatic carbocycles. The number of amides is 1. The molecule has 3 rings (SSSR count). The number of ketones is 1. The van der Waals surface area contributed by atoms with Gasteiger partial charge in [-0.15, -0.1) is 0 Å². The van der Waals surface area contributed by atoms with E-state index in [-0.39, 0.29) is 42.3 Å². The molecule has 1 amide bonds. The molecule has 1 N–H and O–H groups in total. The fraction of sp³-hybridized carbons (Fsp3) is 0.609. The van der Waals surface area contributed by atoms with Crippen molar-refractivity contribution in [1.82, 2.24) is 5.32 Å². The van der Waals surface area contributed by atoms with Crippen molar-refractivity contribution in [2.45, 2.75) is 64.2 Å². The summed E-state index contributed by atoms with van der Waals surface area (Å²) in [5.74, 6) is -0.284. The van der Waals surface area contributed by atoms with E-state index in [4.69, 9.17) is 4.74 Å². The van der Waals surface area contributed by atoms with Gasteiger partial charge in [-0.25, -0.2) is 0 Å². The highest BCUT2D eigenvalue weighted by Gasteiger charge is 2.31. The molecule has 0 bridgehead atoms. The summed E-state index contributed by atoms with van der Waals surface area (Å²) in [6.07, 6.45) is 8.79. The fourth-order valence-corrected chi connectivity index (χ4v) is 4.53. The van der Waals surface area contributed by atoms with Gasteiger partial charge in [0.2, 0.25) is 5.91 Å². The summed E-state index contributed by atoms with van der Waals surface area (Å²) in [5, 5.41) is 2.92. The van der Waals surface area contributed by atoms with Crippen molar-refractivity contribution < 1.29 is 19.1 Å². The lowest BCUT2D eigenvalue weighted by Crippen LogP contribution is -2.37. The monoisotopic (exact) mass is 385 g/mol. The summed E-state index contributed by atoms with van der Waals surface area (Å²) in [4.78, 5) is 36.6. The van der Waals surface area contributed by atoms with Gasteiger partial charge in [0.15, 0.2) is 5.78 Å². The van der Waals surface area contributed by atoms with Crippen LogP contribution in [-0.4, -0.2) is 31.3 Å². The highest BCUT2D eigenvalue weighted by Crippen LogP contribution is 2.30. The van der Waals surface area contributed by atoms with E-state index in [2.05, 4.69) is 11.4 Å². The Labute approximate surface area is 167 Å². The minimum Gasteiger partial charge on any atom is -0.469 e. The van der Waals surface area contributed by atoms with Crippen molar-refractivity contribution in [3.05, 3.63) is 34.9 Å². The maximum atomic E-state index is 12.5. The van der Waals surface area contributed by atoms with Crippen LogP contribution in [-0.2, 0) is 27.2 Å². The number of fused-ring (bicyclic) bond motifs is 1. The standard InChI is InChI=1S/C23H31NO4/c1-28-23(27)20-9-5-4-8-19(20)15-24-22(26)13-12-21(25)18-11-10-16-6-2-3-7-17(16)14-18/h10-11,14,19-20H,2-9,12-13,15H2,1H3,(H,24,26). The van der Waals surface area contributed by atoms with Gasteiger partial charge in [-0.05, 0) is 61.6 Å². The molecule has 5 nitrogen and oxygen atoms in total. The summed E-state index contributed by atoms with van der Waals surface area (Å²) >= 11 is 0. The molecule has 0 radical (unpaired) electrons. The molecule has 1 saturated carbocycles. The Bertz CT molecular complexity index is 727. The van der Waals surface area contributed by atoms with Crippen molar-refractivity contribution in [3.8, 4) is 0 Å². The topological polar surface area (TPSA) is 72.5 Å². The van der Waals surface area contributed by atoms with E-state index in [1.807, 2.05) is 12.1 Å². The molecule has 1 fully saturated rings. The van der Waals surface area contributed by atoms with E-state index in [1.165, 1.54) is 31.1 Å². The third-order valence-electron chi connectivity index (χ3n) is 6.22. The minimum atomic E-state index is -0.179. The first-order valence-electron chi connectivity index (χ1n) is 10.6. The van der Waals surface area contributed by atoms with Crippen molar-refractivity contribution in [2.75, 3.05) is 13.7 Å². The van der Waals surface area contributed by atoms with Crippen molar-refractivity contribution >= 4 is 17.7 Å². The van der Waals surface area contributed by atoms with E-state index in [0.717, 1.165) is 38.5 Å². The van der Waals surface area contributed by atoms with Crippen LogP contribution in [0.4, 0.5) is 0 Å². The zero-order valence-corrected chi connectivity index (χ0v) is 16.8. The Morgan fingerprint density at radius 2 is 1.75 bits per heavy atom. The first-order chi connectivity index (χ1) is 13.6. The Kier molecular flexibility index (Phi) is 7.24. The van der Waals surface area contributed by atoms with Gasteiger partial charge in [0.25, 0.3) is 0 Å². The van der Waals surface area contributed by atoms with Gasteiger partial charge < -0.3 is 10.1 Å². The van der Waals surface area contributed by atoms with Crippen molar-refractivity contribution in [3.63, 3.8) is 0 Å². The fourth-order valence-electron chi connectivity index (χ4n) is 4.53. The summed E-state index contributed by atoms with van der Waals surface area (Å²) in [6.45, 7) is 0.478. The number of rotatable bonds is 7. The molecule has 2 atom stereocenters. The molecule has 0 aliphatic heterocycles. The number of aryl methyl sites for hydroxylation is 2. The van der Waals surface area contributed by atoms with Crippen LogP contribution in [0.5, 0.6) is 0 Å². The largest absolute Gasteiger partial charge is 0.469 e. The van der Waals surface area contributed by atoms with Gasteiger partial charge >= 0.3 is 5.97 Å². The van der Waals surface area contributed by atoms with Gasteiger partial charge in [-0.3, -0.25) is 14.4 Å². The van der Waals surface area contributed by atoms with Gasteiger partial charge in [-0.2, -0.15) is 0 Å². The quantitative estimate of drug-likeness (QED) is 0.575. The molecular weight excluding hydrogens is 354 g/mol. The first-order valence-corrected chi connectivity index (χ1v) is 10.6. The summed E-state index contributed by atoms with van der Waals surface area (Å²) in [6, 6.07) is 5.98. The van der Waals surface area contributed by atoms with Gasteiger partial charge in [-0.1, -0.05) is 25.0 Å². The number of carbonyl (C=O) groups excluding carboxylic acids is 3. The van der Waals surface area contributed by atoms with E-state index in [9.17, 15) is 14.4 Å². The lowest BCUT2D eigenvalue weighted by molar-refractivity contribution is -0.148. The number of hydrogen-bond donors (Lipinski definition) is 1. The van der Waals surface area contributed by atoms with Crippen molar-refractivity contribution in [2.24, 2.45) is 11.8 Å². The number of Topliss-reactive ketones (excluding diaryl/α,β-unsaturated/α-hetero) is 1. The van der Waals surface area contributed by atoms with Crippen LogP contribution >= 0.6 is 0 Å². The second-order valence-electron chi connectivity index (χ2n) is 8.09. The predicted molar refractivity (Wildman–Crippen MR) is 107 cm³/mol. The average molecular weight is 386 g/mol. The Morgan fingerprint density at radius 1 is 1.00 bits per heavy atom. The van der Waals surface area contributed by atoms with Crippen LogP contribution in [0.3, 0.4) is 0 Å². The Morgan fingerprint density at radius 3 is 2.54 bits per heavy atom. The summed E-state index contributed by atoms with van der Waals surface area (Å²) in [7, 11) is 1.42. The summed E-state index contributed by atoms with van der Waals surface area (Å²) < 4.78 is 4.90. The SMILES string of the molecule is COC(=O)C1CCCCC1CNC(=O)CCC(=O)c1ccc2c(c1)CCCC2. The van der Waals surface area contributed by atoms with Crippen molar-refractivity contribution in [1.29, 1.82) is 0 Å². The van der Waals surface area contributed by atoms with Crippen LogP contribution < -0.4 is 5.32 Å². The molecule has 0 heterocycles. The number of hydrogen-bond acceptors (Lipinski definition) is 4. The zero-order valence-electron chi connectivity index (χ0n) is 16.8. The number of methoxy groups -OCH3 is 1. The normalized spacial score (nSPS) is 21.5. The molecule has 2 aliphatic carbocycles. The maximum absolute atomic E-state index is 12.5. The molecule has 152 valence electrons. The van der Waals surface area contributed by atoms with E-state index < -0.39 is 0 Å². The van der Waals surface area contributed by atoms with E-state index >= 15 is 0 Å². The lowest BCUT2D eigenvalue weighted by Gasteiger charge is -2.29. The number of benzene rings is 1. The smallest absolute Gasteiger partial charge is 0.309 e. The molecule has 1 aromatic rings. The summed E-state index contributed by atoms with van der Waals surface area (Å²) in [5.41, 5.74) is 3.35. The molecule has 0 aromatic heterocycles. The number of nitrogens with one attached hydrogen (secondary N) is 1. The highest BCUT2D eigenvalue weighted by atomic mass is 16.5. The second kappa shape index (κ2) is 9.85. The van der Waals surface area contributed by atoms with Crippen LogP contribution in [0.25, 0.3) is 0 Å². The third kappa shape index (κ3) is 5.21. The number of carbonyl (C=O) groups is 3. The predicted octanol–water partition coefficient (Wildman–Crippen LogP) is 3.62. The molecule has 28 heavy (non-hydrogen) atoms. The minimum absolute atomic E-state index is 0.0219. The Hall–Kier alpha value is -2.17. The second-order valence-corrected chi connectivity index (χ2v) is 8.09. The highest BCUT2D eigenvalue weighted by molar-refractivity contribution is 5.98. The molecule has 2 unspecified atom stereocenters. The van der Waals surface area contributed by atoms with Crippen LogP contribution in [0.2, 0.25) is 0 Å². The number of esters is 1. The van der Waals surface area contributed by atoms with Gasteiger partial charge in [0.05, 0.1) is 13.0 Å². The maximum Gasteiger partial charge on any atom is 0.309 e. The average Bonchev–Trinajstić information content (AvgIpc) is 2.75. The van der Waals surface area contributed by atoms with Gasteiger partial charge in [0.1, 0.15) is 0 Å². The van der Waals surface area contributed by atoms with E-state index in [0.29, 0.717) is 12.1 Å². The Balaban J connectivity index is 1.46. The van der Waals surface area contributed by atoms with E-state index in [1.54, 1.807) is 0 Å². The lowest BCUT2D eigenvalue weighted by atomic mass is 9.79.